The van der Waals surface area contributed by atoms with E-state index in [1.807, 2.05) is 13.0 Å². The van der Waals surface area contributed by atoms with Crippen molar-refractivity contribution >= 4 is 5.97 Å². The first-order valence-electron chi connectivity index (χ1n) is 5.36. The summed E-state index contributed by atoms with van der Waals surface area (Å²) in [5.74, 6) is -0.179. The number of carbonyl (C=O) groups excluding carboxylic acids is 1. The molecule has 0 spiro atoms. The molecule has 0 atom stereocenters. The summed E-state index contributed by atoms with van der Waals surface area (Å²) in [5, 5.41) is 0. The fraction of sp³-hybridized carbons (Fsp3) is 0.667. The fourth-order valence-corrected chi connectivity index (χ4v) is 1.03. The molecule has 0 unspecified atom stereocenters. The normalized spacial score (nSPS) is 9.00. The third-order valence-corrected chi connectivity index (χ3v) is 1.76. The molecule has 2 heteroatoms. The zero-order valence-corrected chi connectivity index (χ0v) is 9.21. The summed E-state index contributed by atoms with van der Waals surface area (Å²) in [6, 6.07) is 0. The van der Waals surface area contributed by atoms with Crippen LogP contribution in [0.3, 0.4) is 0 Å². The van der Waals surface area contributed by atoms with Gasteiger partial charge in [0.2, 0.25) is 0 Å². The average molecular weight is 196 g/mol. The minimum atomic E-state index is -0.179. The summed E-state index contributed by atoms with van der Waals surface area (Å²) >= 11 is 0. The zero-order valence-electron chi connectivity index (χ0n) is 9.21. The second kappa shape index (κ2) is 10.1. The summed E-state index contributed by atoms with van der Waals surface area (Å²) < 4.78 is 4.76. The minimum Gasteiger partial charge on any atom is -0.466 e. The van der Waals surface area contributed by atoms with Crippen molar-refractivity contribution in [3.63, 3.8) is 0 Å². The van der Waals surface area contributed by atoms with E-state index in [1.165, 1.54) is 19.3 Å². The monoisotopic (exact) mass is 196 g/mol. The molecule has 0 heterocycles. The third-order valence-electron chi connectivity index (χ3n) is 1.76. The maximum atomic E-state index is 10.9. The maximum absolute atomic E-state index is 10.9. The number of unbranched alkanes of at least 4 members (excludes halogenated alkanes) is 3. The molecule has 0 aromatic carbocycles. The zero-order chi connectivity index (χ0) is 10.6. The summed E-state index contributed by atoms with van der Waals surface area (Å²) in [7, 11) is 0. The van der Waals surface area contributed by atoms with Gasteiger partial charge in [0, 0.05) is 0 Å². The van der Waals surface area contributed by atoms with Crippen LogP contribution in [0.4, 0.5) is 0 Å². The van der Waals surface area contributed by atoms with Gasteiger partial charge in [0.15, 0.2) is 0 Å². The van der Waals surface area contributed by atoms with E-state index in [0.29, 0.717) is 13.0 Å². The molecule has 0 bridgehead atoms. The molecule has 0 saturated carbocycles. The summed E-state index contributed by atoms with van der Waals surface area (Å²) in [5.41, 5.74) is 2.98. The molecule has 0 radical (unpaired) electrons. The summed E-state index contributed by atoms with van der Waals surface area (Å²) in [6.45, 7) is 4.44. The van der Waals surface area contributed by atoms with Crippen LogP contribution in [0.15, 0.2) is 17.9 Å². The van der Waals surface area contributed by atoms with Gasteiger partial charge in [-0.15, -0.1) is 5.73 Å². The Morgan fingerprint density at radius 3 is 2.71 bits per heavy atom. The molecule has 0 fully saturated rings. The molecule has 0 aromatic heterocycles. The van der Waals surface area contributed by atoms with Gasteiger partial charge in [-0.25, -0.2) is 0 Å². The van der Waals surface area contributed by atoms with E-state index in [1.54, 1.807) is 6.08 Å². The van der Waals surface area contributed by atoms with Crippen molar-refractivity contribution in [3.05, 3.63) is 17.9 Å². The number of hydrogen-bond donors (Lipinski definition) is 0. The van der Waals surface area contributed by atoms with Crippen molar-refractivity contribution in [2.45, 2.75) is 46.0 Å². The first-order chi connectivity index (χ1) is 6.81. The van der Waals surface area contributed by atoms with Crippen LogP contribution >= 0.6 is 0 Å². The smallest absolute Gasteiger partial charge is 0.310 e. The van der Waals surface area contributed by atoms with Gasteiger partial charge in [0.1, 0.15) is 0 Å². The maximum Gasteiger partial charge on any atom is 0.310 e. The van der Waals surface area contributed by atoms with Gasteiger partial charge in [-0.2, -0.15) is 0 Å². The Morgan fingerprint density at radius 2 is 2.07 bits per heavy atom. The first-order valence-corrected chi connectivity index (χ1v) is 5.36. The largest absolute Gasteiger partial charge is 0.466 e. The van der Waals surface area contributed by atoms with Crippen molar-refractivity contribution in [2.24, 2.45) is 0 Å². The number of ether oxygens (including phenoxy) is 1. The molecular weight excluding hydrogens is 176 g/mol. The molecule has 0 N–H and O–H groups in total. The van der Waals surface area contributed by atoms with Gasteiger partial charge in [0.05, 0.1) is 13.0 Å². The van der Waals surface area contributed by atoms with Gasteiger partial charge in [-0.1, -0.05) is 19.8 Å². The molecule has 0 rings (SSSR count). The molecule has 0 aliphatic heterocycles. The first kappa shape index (κ1) is 13.0. The van der Waals surface area contributed by atoms with E-state index < -0.39 is 0 Å². The lowest BCUT2D eigenvalue weighted by atomic mass is 10.2. The van der Waals surface area contributed by atoms with E-state index in [0.717, 1.165) is 6.42 Å². The predicted octanol–water partition coefficient (Wildman–Crippen LogP) is 3.23. The lowest BCUT2D eigenvalue weighted by Gasteiger charge is -1.94. The van der Waals surface area contributed by atoms with Crippen molar-refractivity contribution in [2.75, 3.05) is 6.61 Å². The molecule has 0 aliphatic rings. The van der Waals surface area contributed by atoms with E-state index in [4.69, 9.17) is 4.74 Å². The highest BCUT2D eigenvalue weighted by atomic mass is 16.5. The molecule has 14 heavy (non-hydrogen) atoms. The predicted molar refractivity (Wildman–Crippen MR) is 58.0 cm³/mol. The van der Waals surface area contributed by atoms with Crippen LogP contribution in [0.5, 0.6) is 0 Å². The van der Waals surface area contributed by atoms with Gasteiger partial charge < -0.3 is 4.74 Å². The lowest BCUT2D eigenvalue weighted by Crippen LogP contribution is -2.00. The van der Waals surface area contributed by atoms with Crippen LogP contribution in [0, 0.1) is 0 Å². The molecule has 0 amide bonds. The highest BCUT2D eigenvalue weighted by Crippen LogP contribution is 1.98. The lowest BCUT2D eigenvalue weighted by molar-refractivity contribution is -0.142. The highest BCUT2D eigenvalue weighted by Gasteiger charge is 1.94. The quantitative estimate of drug-likeness (QED) is 0.355. The fourth-order valence-electron chi connectivity index (χ4n) is 1.03. The topological polar surface area (TPSA) is 26.3 Å². The Bertz CT molecular complexity index is 200. The molecule has 0 saturated heterocycles. The Morgan fingerprint density at radius 1 is 1.29 bits per heavy atom. The van der Waals surface area contributed by atoms with E-state index in [9.17, 15) is 4.79 Å². The molecule has 2 nitrogen and oxygen atoms in total. The molecule has 0 aromatic rings. The van der Waals surface area contributed by atoms with Crippen molar-refractivity contribution in [1.82, 2.24) is 0 Å². The number of esters is 1. The summed E-state index contributed by atoms with van der Waals surface area (Å²) in [4.78, 5) is 10.9. The Balaban J connectivity index is 3.45. The van der Waals surface area contributed by atoms with E-state index in [-0.39, 0.29) is 5.97 Å². The van der Waals surface area contributed by atoms with Crippen molar-refractivity contribution in [3.8, 4) is 0 Å². The summed E-state index contributed by atoms with van der Waals surface area (Å²) in [6.07, 6.45) is 8.79. The van der Waals surface area contributed by atoms with Gasteiger partial charge >= 0.3 is 5.97 Å². The van der Waals surface area contributed by atoms with Gasteiger partial charge in [0.25, 0.3) is 0 Å². The van der Waals surface area contributed by atoms with Crippen LogP contribution in [-0.2, 0) is 9.53 Å². The number of hydrogen-bond acceptors (Lipinski definition) is 2. The standard InChI is InChI=1S/C12H20O2/c1-3-5-6-7-8-9-10-11-12(13)14-4-2/h8,10H,3-7,11H2,1-2H3. The highest BCUT2D eigenvalue weighted by molar-refractivity contribution is 5.70. The van der Waals surface area contributed by atoms with Crippen LogP contribution in [0.1, 0.15) is 46.0 Å². The number of carbonyl (C=O) groups is 1. The van der Waals surface area contributed by atoms with Crippen LogP contribution in [-0.4, -0.2) is 12.6 Å². The van der Waals surface area contributed by atoms with Crippen molar-refractivity contribution in [1.29, 1.82) is 0 Å². The molecular formula is C12H20O2. The van der Waals surface area contributed by atoms with E-state index in [2.05, 4.69) is 12.7 Å². The molecule has 80 valence electrons. The van der Waals surface area contributed by atoms with Crippen molar-refractivity contribution < 1.29 is 9.53 Å². The van der Waals surface area contributed by atoms with Gasteiger partial charge in [-0.05, 0) is 31.9 Å². The average Bonchev–Trinajstić information content (AvgIpc) is 2.17. The Hall–Kier alpha value is -1.01. The van der Waals surface area contributed by atoms with Gasteiger partial charge in [-0.3, -0.25) is 4.79 Å². The van der Waals surface area contributed by atoms with Crippen LogP contribution in [0.2, 0.25) is 0 Å². The Labute approximate surface area is 86.6 Å². The molecule has 0 aliphatic carbocycles. The second-order valence-electron chi connectivity index (χ2n) is 3.08. The SMILES string of the molecule is CCCCCC=C=CCC(=O)OCC. The number of rotatable bonds is 7. The van der Waals surface area contributed by atoms with Crippen LogP contribution < -0.4 is 0 Å². The minimum absolute atomic E-state index is 0.179. The Kier molecular flexibility index (Phi) is 9.35. The van der Waals surface area contributed by atoms with E-state index >= 15 is 0 Å². The second-order valence-corrected chi connectivity index (χ2v) is 3.08. The van der Waals surface area contributed by atoms with Crippen LogP contribution in [0.25, 0.3) is 0 Å². The third kappa shape index (κ3) is 9.08.